The minimum Gasteiger partial charge on any atom is -0.497 e. The molecule has 0 fully saturated rings. The molecule has 2 aromatic carbocycles. The maximum Gasteiger partial charge on any atom is 0.413 e. The molecule has 0 saturated carbocycles. The zero-order chi connectivity index (χ0) is 25.6. The van der Waals surface area contributed by atoms with E-state index in [4.69, 9.17) is 18.9 Å². The predicted octanol–water partition coefficient (Wildman–Crippen LogP) is 2.60. The quantitative estimate of drug-likeness (QED) is 0.347. The largest absolute Gasteiger partial charge is 0.497 e. The summed E-state index contributed by atoms with van der Waals surface area (Å²) >= 11 is 0. The van der Waals surface area contributed by atoms with E-state index in [-0.39, 0.29) is 18.1 Å². The maximum absolute atomic E-state index is 12.5. The van der Waals surface area contributed by atoms with E-state index in [9.17, 15) is 14.4 Å². The Bertz CT molecular complexity index is 1050. The molecule has 0 aromatic heterocycles. The summed E-state index contributed by atoms with van der Waals surface area (Å²) in [6, 6.07) is 10.3. The molecule has 3 amide bonds. The fraction of sp³-hybridized carbons (Fsp3) is 0.320. The second kappa shape index (κ2) is 14.3. The van der Waals surface area contributed by atoms with Crippen molar-refractivity contribution in [1.29, 1.82) is 0 Å². The van der Waals surface area contributed by atoms with E-state index in [1.807, 2.05) is 0 Å². The van der Waals surface area contributed by atoms with Crippen molar-refractivity contribution < 1.29 is 38.1 Å². The average molecular weight is 487 g/mol. The maximum atomic E-state index is 12.5. The van der Waals surface area contributed by atoms with Crippen LogP contribution < -0.4 is 24.8 Å². The highest BCUT2D eigenvalue weighted by molar-refractivity contribution is 6.04. The Labute approximate surface area is 204 Å². The van der Waals surface area contributed by atoms with Crippen LogP contribution in [0.1, 0.15) is 21.5 Å². The third kappa shape index (κ3) is 8.67. The second-order valence-electron chi connectivity index (χ2n) is 7.10. The first-order chi connectivity index (χ1) is 16.9. The summed E-state index contributed by atoms with van der Waals surface area (Å²) in [6.07, 6.45) is 2.62. The van der Waals surface area contributed by atoms with Crippen molar-refractivity contribution in [1.82, 2.24) is 10.6 Å². The van der Waals surface area contributed by atoms with E-state index in [0.717, 1.165) is 18.2 Å². The average Bonchev–Trinajstić information content (AvgIpc) is 2.87. The molecule has 10 heteroatoms. The van der Waals surface area contributed by atoms with Gasteiger partial charge in [0.15, 0.2) is 0 Å². The van der Waals surface area contributed by atoms with Crippen LogP contribution in [0.25, 0.3) is 6.08 Å². The lowest BCUT2D eigenvalue weighted by molar-refractivity contribution is -0.116. The lowest BCUT2D eigenvalue weighted by atomic mass is 10.1. The summed E-state index contributed by atoms with van der Waals surface area (Å²) in [6.45, 7) is 0.891. The molecule has 0 heterocycles. The summed E-state index contributed by atoms with van der Waals surface area (Å²) in [5.74, 6) is 0.586. The van der Waals surface area contributed by atoms with Gasteiger partial charge in [0, 0.05) is 31.4 Å². The zero-order valence-corrected chi connectivity index (χ0v) is 20.2. The number of carbonyl (C=O) groups is 3. The number of rotatable bonds is 12. The van der Waals surface area contributed by atoms with Crippen LogP contribution in [0.2, 0.25) is 0 Å². The Kier molecular flexibility index (Phi) is 11.1. The molecule has 0 aliphatic carbocycles. The number of benzene rings is 2. The van der Waals surface area contributed by atoms with Crippen LogP contribution in [-0.4, -0.2) is 66.1 Å². The lowest BCUT2D eigenvalue weighted by Gasteiger charge is -2.13. The Morgan fingerprint density at radius 2 is 1.71 bits per heavy atom. The number of methoxy groups -OCH3 is 4. The van der Waals surface area contributed by atoms with Gasteiger partial charge in [0.25, 0.3) is 5.91 Å². The third-order valence-corrected chi connectivity index (χ3v) is 4.80. The van der Waals surface area contributed by atoms with Crippen LogP contribution >= 0.6 is 0 Å². The van der Waals surface area contributed by atoms with Crippen LogP contribution in [0.5, 0.6) is 17.2 Å². The molecule has 2 rings (SSSR count). The normalized spacial score (nSPS) is 10.5. The Morgan fingerprint density at radius 1 is 0.914 bits per heavy atom. The highest BCUT2D eigenvalue weighted by Crippen LogP contribution is 2.25. The first kappa shape index (κ1) is 27.2. The van der Waals surface area contributed by atoms with Crippen LogP contribution in [0.15, 0.2) is 42.5 Å². The number of hydrogen-bond donors (Lipinski definition) is 2. The Morgan fingerprint density at radius 3 is 2.40 bits per heavy atom. The molecule has 0 radical (unpaired) electrons. The minimum absolute atomic E-state index is 0.168. The number of hydrogen-bond acceptors (Lipinski definition) is 8. The molecule has 0 bridgehead atoms. The van der Waals surface area contributed by atoms with Crippen LogP contribution in [-0.2, 0) is 20.7 Å². The SMILES string of the molecule is COCCOc1ccc(CCNC(=O)/C=C/c2ccc(OC)cc2OC)cc1C(=O)NC(=O)OC. The molecule has 188 valence electrons. The van der Waals surface area contributed by atoms with E-state index < -0.39 is 12.0 Å². The first-order valence-electron chi connectivity index (χ1n) is 10.7. The number of ether oxygens (including phenoxy) is 5. The van der Waals surface area contributed by atoms with Gasteiger partial charge in [-0.2, -0.15) is 0 Å². The molecule has 2 N–H and O–H groups in total. The predicted molar refractivity (Wildman–Crippen MR) is 129 cm³/mol. The van der Waals surface area contributed by atoms with Crippen LogP contribution in [0, 0.1) is 0 Å². The summed E-state index contributed by atoms with van der Waals surface area (Å²) < 4.78 is 25.5. The van der Waals surface area contributed by atoms with Crippen molar-refractivity contribution in [3.63, 3.8) is 0 Å². The van der Waals surface area contributed by atoms with Gasteiger partial charge in [0.1, 0.15) is 23.9 Å². The molecule has 0 atom stereocenters. The van der Waals surface area contributed by atoms with Crippen molar-refractivity contribution in [3.8, 4) is 17.2 Å². The van der Waals surface area contributed by atoms with Gasteiger partial charge in [-0.25, -0.2) is 4.79 Å². The number of alkyl carbamates (subject to hydrolysis) is 1. The molecule has 2 aromatic rings. The van der Waals surface area contributed by atoms with Gasteiger partial charge in [0.05, 0.1) is 33.5 Å². The number of amides is 3. The molecule has 0 unspecified atom stereocenters. The van der Waals surface area contributed by atoms with Gasteiger partial charge in [-0.15, -0.1) is 0 Å². The van der Waals surface area contributed by atoms with E-state index >= 15 is 0 Å². The molecule has 0 saturated heterocycles. The third-order valence-electron chi connectivity index (χ3n) is 4.80. The van der Waals surface area contributed by atoms with Crippen molar-refractivity contribution in [2.45, 2.75) is 6.42 Å². The Balaban J connectivity index is 2.01. The minimum atomic E-state index is -0.879. The smallest absolute Gasteiger partial charge is 0.413 e. The van der Waals surface area contributed by atoms with Crippen molar-refractivity contribution in [3.05, 3.63) is 59.2 Å². The van der Waals surface area contributed by atoms with Gasteiger partial charge < -0.3 is 29.0 Å². The fourth-order valence-electron chi connectivity index (χ4n) is 2.99. The highest BCUT2D eigenvalue weighted by Gasteiger charge is 2.17. The summed E-state index contributed by atoms with van der Waals surface area (Å²) in [5.41, 5.74) is 1.66. The lowest BCUT2D eigenvalue weighted by Crippen LogP contribution is -2.30. The molecular formula is C25H30N2O8. The van der Waals surface area contributed by atoms with Gasteiger partial charge >= 0.3 is 6.09 Å². The van der Waals surface area contributed by atoms with Crippen molar-refractivity contribution >= 4 is 24.0 Å². The number of imide groups is 1. The first-order valence-corrected chi connectivity index (χ1v) is 10.7. The van der Waals surface area contributed by atoms with Gasteiger partial charge in [-0.05, 0) is 42.3 Å². The van der Waals surface area contributed by atoms with Gasteiger partial charge in [-0.1, -0.05) is 6.07 Å². The molecule has 0 aliphatic rings. The fourth-order valence-corrected chi connectivity index (χ4v) is 2.99. The second-order valence-corrected chi connectivity index (χ2v) is 7.10. The summed E-state index contributed by atoms with van der Waals surface area (Å²) in [4.78, 5) is 36.2. The Hall–Kier alpha value is -4.05. The highest BCUT2D eigenvalue weighted by atomic mass is 16.5. The monoisotopic (exact) mass is 486 g/mol. The van der Waals surface area contributed by atoms with E-state index in [1.54, 1.807) is 56.7 Å². The van der Waals surface area contributed by atoms with E-state index in [0.29, 0.717) is 36.8 Å². The molecule has 0 spiro atoms. The van der Waals surface area contributed by atoms with Crippen LogP contribution in [0.4, 0.5) is 4.79 Å². The molecule has 10 nitrogen and oxygen atoms in total. The van der Waals surface area contributed by atoms with Crippen molar-refractivity contribution in [2.75, 3.05) is 48.2 Å². The molecular weight excluding hydrogens is 456 g/mol. The number of nitrogens with one attached hydrogen (secondary N) is 2. The molecule has 0 aliphatic heterocycles. The standard InChI is InChI=1S/C25H30N2O8/c1-31-13-14-35-21-9-5-17(15-20(21)24(29)27-25(30)34-4)11-12-26-23(28)10-7-18-6-8-19(32-2)16-22(18)33-3/h5-10,15-16H,11-14H2,1-4H3,(H,26,28)(H,27,29,30)/b10-7+. The van der Waals surface area contributed by atoms with Gasteiger partial charge in [0.2, 0.25) is 5.91 Å². The summed E-state index contributed by atoms with van der Waals surface area (Å²) in [5, 5.41) is 4.91. The number of carbonyl (C=O) groups excluding carboxylic acids is 3. The molecule has 35 heavy (non-hydrogen) atoms. The van der Waals surface area contributed by atoms with E-state index in [2.05, 4.69) is 15.4 Å². The van der Waals surface area contributed by atoms with Crippen LogP contribution in [0.3, 0.4) is 0 Å². The zero-order valence-electron chi connectivity index (χ0n) is 20.2. The topological polar surface area (TPSA) is 121 Å². The van der Waals surface area contributed by atoms with Gasteiger partial charge in [-0.3, -0.25) is 14.9 Å². The van der Waals surface area contributed by atoms with E-state index in [1.165, 1.54) is 13.2 Å². The van der Waals surface area contributed by atoms with Crippen molar-refractivity contribution in [2.24, 2.45) is 0 Å². The summed E-state index contributed by atoms with van der Waals surface area (Å²) in [7, 11) is 5.80.